The summed E-state index contributed by atoms with van der Waals surface area (Å²) in [5.74, 6) is -15.3. The molecular weight excluding hydrogens is 260 g/mol. The minimum atomic E-state index is -5.44. The van der Waals surface area contributed by atoms with Crippen LogP contribution in [-0.4, -0.2) is 22.8 Å². The molecule has 1 aromatic rings. The molecule has 1 heterocycles. The van der Waals surface area contributed by atoms with E-state index in [9.17, 15) is 26.3 Å². The molecule has 18 heavy (non-hydrogen) atoms. The number of halogens is 6. The van der Waals surface area contributed by atoms with Gasteiger partial charge in [0.15, 0.2) is 0 Å². The van der Waals surface area contributed by atoms with Gasteiger partial charge in [0.2, 0.25) is 0 Å². The number of hydrogen-bond acceptors (Lipinski definition) is 1. The second-order valence-electron chi connectivity index (χ2n) is 4.05. The lowest BCUT2D eigenvalue weighted by molar-refractivity contribution is -0.257. The second-order valence-corrected chi connectivity index (χ2v) is 4.05. The molecule has 0 radical (unpaired) electrons. The van der Waals surface area contributed by atoms with Crippen LogP contribution in [-0.2, 0) is 0 Å². The third-order valence-corrected chi connectivity index (χ3v) is 2.67. The van der Waals surface area contributed by atoms with Crippen molar-refractivity contribution in [2.75, 3.05) is 0 Å². The highest BCUT2D eigenvalue weighted by Crippen LogP contribution is 2.58. The van der Waals surface area contributed by atoms with Crippen molar-refractivity contribution < 1.29 is 26.3 Å². The molecule has 0 amide bonds. The Morgan fingerprint density at radius 1 is 1.06 bits per heavy atom. The van der Waals surface area contributed by atoms with Crippen LogP contribution >= 0.6 is 0 Å². The van der Waals surface area contributed by atoms with Gasteiger partial charge in [-0.3, -0.25) is 4.98 Å². The Labute approximate surface area is 98.1 Å². The smallest absolute Gasteiger partial charge is 0.256 e. The summed E-state index contributed by atoms with van der Waals surface area (Å²) < 4.78 is 78.5. The largest absolute Gasteiger partial charge is 0.380 e. The van der Waals surface area contributed by atoms with Crippen LogP contribution in [0.5, 0.6) is 0 Å². The van der Waals surface area contributed by atoms with E-state index in [2.05, 4.69) is 4.98 Å². The van der Waals surface area contributed by atoms with Crippen molar-refractivity contribution in [3.05, 3.63) is 35.7 Å². The molecular formula is C11H7F6N. The van der Waals surface area contributed by atoms with Crippen LogP contribution in [0.15, 0.2) is 24.4 Å². The van der Waals surface area contributed by atoms with E-state index in [0.717, 1.165) is 12.3 Å². The van der Waals surface area contributed by atoms with Crippen molar-refractivity contribution in [1.82, 2.24) is 4.98 Å². The Kier molecular flexibility index (Phi) is 2.50. The molecule has 7 heteroatoms. The van der Waals surface area contributed by atoms with Crippen LogP contribution in [0.3, 0.4) is 0 Å². The molecule has 0 bridgehead atoms. The average Bonchev–Trinajstić information content (AvgIpc) is 2.36. The van der Waals surface area contributed by atoms with E-state index in [0.29, 0.717) is 5.56 Å². The van der Waals surface area contributed by atoms with Gasteiger partial charge in [-0.05, 0) is 24.6 Å². The molecule has 0 N–H and O–H groups in total. The van der Waals surface area contributed by atoms with E-state index in [1.807, 2.05) is 0 Å². The zero-order valence-electron chi connectivity index (χ0n) is 9.02. The molecule has 0 saturated carbocycles. The van der Waals surface area contributed by atoms with Gasteiger partial charge >= 0.3 is 17.8 Å². The van der Waals surface area contributed by atoms with Crippen molar-refractivity contribution in [1.29, 1.82) is 0 Å². The molecule has 2 rings (SSSR count). The fraction of sp³-hybridized carbons (Fsp3) is 0.364. The maximum Gasteiger partial charge on any atom is 0.380 e. The van der Waals surface area contributed by atoms with E-state index < -0.39 is 35.1 Å². The van der Waals surface area contributed by atoms with Crippen molar-refractivity contribution >= 4 is 5.57 Å². The molecule has 1 aliphatic rings. The minimum Gasteiger partial charge on any atom is -0.256 e. The number of pyridine rings is 1. The first-order chi connectivity index (χ1) is 8.09. The summed E-state index contributed by atoms with van der Waals surface area (Å²) in [6.45, 7) is 1.51. The summed E-state index contributed by atoms with van der Waals surface area (Å²) >= 11 is 0. The highest BCUT2D eigenvalue weighted by molar-refractivity contribution is 5.74. The van der Waals surface area contributed by atoms with Gasteiger partial charge in [0, 0.05) is 12.3 Å². The lowest BCUT2D eigenvalue weighted by Gasteiger charge is -2.24. The maximum atomic E-state index is 13.4. The Bertz CT molecular complexity index is 520. The SMILES string of the molecule is Cc1ccnc(C2=CC(F)(F)C(F)(F)C2(F)F)c1. The van der Waals surface area contributed by atoms with Gasteiger partial charge in [-0.15, -0.1) is 0 Å². The number of hydrogen-bond donors (Lipinski definition) is 0. The number of alkyl halides is 6. The van der Waals surface area contributed by atoms with Gasteiger partial charge in [0.1, 0.15) is 0 Å². The number of nitrogens with zero attached hydrogens (tertiary/aromatic N) is 1. The standard InChI is InChI=1S/C11H7F6N/c1-6-2-3-18-8(4-6)7-5-9(12,13)11(16,17)10(7,14)15/h2-5H,1H3. The molecule has 0 spiro atoms. The van der Waals surface area contributed by atoms with Crippen LogP contribution < -0.4 is 0 Å². The number of rotatable bonds is 1. The van der Waals surface area contributed by atoms with Crippen molar-refractivity contribution in [3.8, 4) is 0 Å². The Balaban J connectivity index is 2.59. The molecule has 1 aromatic heterocycles. The quantitative estimate of drug-likeness (QED) is 0.707. The zero-order valence-corrected chi connectivity index (χ0v) is 9.02. The summed E-state index contributed by atoms with van der Waals surface area (Å²) in [5.41, 5.74) is -1.56. The van der Waals surface area contributed by atoms with Crippen LogP contribution in [0.1, 0.15) is 11.3 Å². The highest BCUT2D eigenvalue weighted by atomic mass is 19.3. The average molecular weight is 267 g/mol. The Morgan fingerprint density at radius 3 is 2.11 bits per heavy atom. The summed E-state index contributed by atoms with van der Waals surface area (Å²) in [6, 6.07) is 2.49. The first kappa shape index (κ1) is 12.9. The topological polar surface area (TPSA) is 12.9 Å². The lowest BCUT2D eigenvalue weighted by atomic mass is 10.0. The molecule has 0 aliphatic heterocycles. The first-order valence-electron chi connectivity index (χ1n) is 4.89. The maximum absolute atomic E-state index is 13.4. The predicted octanol–water partition coefficient (Wildman–Crippen LogP) is 3.69. The van der Waals surface area contributed by atoms with E-state index >= 15 is 0 Å². The lowest BCUT2D eigenvalue weighted by Crippen LogP contribution is -2.48. The van der Waals surface area contributed by atoms with Gasteiger partial charge in [0.25, 0.3) is 0 Å². The monoisotopic (exact) mass is 267 g/mol. The van der Waals surface area contributed by atoms with Crippen LogP contribution in [0.2, 0.25) is 0 Å². The summed E-state index contributed by atoms with van der Waals surface area (Å²) in [7, 11) is 0. The number of aryl methyl sites for hydroxylation is 1. The Hall–Kier alpha value is -1.53. The van der Waals surface area contributed by atoms with E-state index in [4.69, 9.17) is 0 Å². The van der Waals surface area contributed by atoms with Gasteiger partial charge in [0.05, 0.1) is 11.3 Å². The van der Waals surface area contributed by atoms with Crippen LogP contribution in [0.25, 0.3) is 5.57 Å². The first-order valence-corrected chi connectivity index (χ1v) is 4.89. The van der Waals surface area contributed by atoms with Crippen LogP contribution in [0.4, 0.5) is 26.3 Å². The Morgan fingerprint density at radius 2 is 1.67 bits per heavy atom. The number of allylic oxidation sites excluding steroid dienone is 2. The fourth-order valence-electron chi connectivity index (χ4n) is 1.66. The minimum absolute atomic E-state index is 0.408. The van der Waals surface area contributed by atoms with E-state index in [-0.39, 0.29) is 0 Å². The van der Waals surface area contributed by atoms with Gasteiger partial charge < -0.3 is 0 Å². The van der Waals surface area contributed by atoms with Gasteiger partial charge in [-0.25, -0.2) is 0 Å². The van der Waals surface area contributed by atoms with Crippen molar-refractivity contribution in [2.45, 2.75) is 24.7 Å². The third-order valence-electron chi connectivity index (χ3n) is 2.67. The summed E-state index contributed by atoms with van der Waals surface area (Å²) in [4.78, 5) is 3.43. The van der Waals surface area contributed by atoms with Crippen molar-refractivity contribution in [2.24, 2.45) is 0 Å². The number of aromatic nitrogens is 1. The fourth-order valence-corrected chi connectivity index (χ4v) is 1.66. The van der Waals surface area contributed by atoms with Gasteiger partial charge in [-0.1, -0.05) is 0 Å². The normalized spacial score (nSPS) is 23.8. The molecule has 0 aromatic carbocycles. The molecule has 0 fully saturated rings. The molecule has 0 saturated heterocycles. The molecule has 98 valence electrons. The van der Waals surface area contributed by atoms with Crippen molar-refractivity contribution in [3.63, 3.8) is 0 Å². The zero-order chi connectivity index (χ0) is 13.8. The summed E-state index contributed by atoms with van der Waals surface area (Å²) in [6.07, 6.45) is 0.685. The van der Waals surface area contributed by atoms with E-state index in [1.165, 1.54) is 13.0 Å². The van der Waals surface area contributed by atoms with Gasteiger partial charge in [-0.2, -0.15) is 26.3 Å². The third kappa shape index (κ3) is 1.53. The summed E-state index contributed by atoms with van der Waals surface area (Å²) in [5, 5.41) is 0. The molecule has 0 atom stereocenters. The molecule has 1 nitrogen and oxygen atoms in total. The van der Waals surface area contributed by atoms with Crippen LogP contribution in [0, 0.1) is 6.92 Å². The highest BCUT2D eigenvalue weighted by Gasteiger charge is 2.77. The predicted molar refractivity (Wildman–Crippen MR) is 51.8 cm³/mol. The molecule has 0 unspecified atom stereocenters. The van der Waals surface area contributed by atoms with E-state index in [1.54, 1.807) is 0 Å². The second kappa shape index (κ2) is 3.49. The molecule has 1 aliphatic carbocycles.